The van der Waals surface area contributed by atoms with Crippen molar-refractivity contribution in [3.8, 4) is 0 Å². The van der Waals surface area contributed by atoms with Gasteiger partial charge in [0.05, 0.1) is 5.69 Å². The Morgan fingerprint density at radius 2 is 2.29 bits per heavy atom. The van der Waals surface area contributed by atoms with Gasteiger partial charge >= 0.3 is 0 Å². The Hall–Kier alpha value is -0.830. The van der Waals surface area contributed by atoms with Gasteiger partial charge in [0.1, 0.15) is 0 Å². The summed E-state index contributed by atoms with van der Waals surface area (Å²) >= 11 is 0. The second-order valence-corrected chi connectivity index (χ2v) is 4.00. The number of hydrogen-bond acceptors (Lipinski definition) is 2. The molecule has 0 aliphatic rings. The molecular formula is C11H21N3. The Labute approximate surface area is 86.5 Å². The van der Waals surface area contributed by atoms with Gasteiger partial charge in [-0.05, 0) is 31.9 Å². The van der Waals surface area contributed by atoms with Crippen LogP contribution in [0.25, 0.3) is 0 Å². The minimum atomic E-state index is 0.776. The molecule has 1 heterocycles. The van der Waals surface area contributed by atoms with E-state index in [0.717, 1.165) is 25.6 Å². The van der Waals surface area contributed by atoms with Crippen LogP contribution >= 0.6 is 0 Å². The standard InChI is InChI=1S/C11H21N3/c1-4-14-11(6-8-13-14)9-12-7-5-10(2)3/h6,8,10,12H,4-5,7,9H2,1-3H3. The minimum Gasteiger partial charge on any atom is -0.311 e. The van der Waals surface area contributed by atoms with Crippen LogP contribution in [0.2, 0.25) is 0 Å². The average Bonchev–Trinajstić information content (AvgIpc) is 2.59. The topological polar surface area (TPSA) is 29.9 Å². The van der Waals surface area contributed by atoms with Crippen LogP contribution in [0, 0.1) is 5.92 Å². The van der Waals surface area contributed by atoms with Crippen LogP contribution in [-0.2, 0) is 13.1 Å². The molecule has 14 heavy (non-hydrogen) atoms. The summed E-state index contributed by atoms with van der Waals surface area (Å²) in [6, 6.07) is 2.08. The largest absolute Gasteiger partial charge is 0.311 e. The first kappa shape index (κ1) is 11.2. The molecule has 0 saturated heterocycles. The monoisotopic (exact) mass is 195 g/mol. The second kappa shape index (κ2) is 5.81. The fourth-order valence-electron chi connectivity index (χ4n) is 1.40. The molecule has 80 valence electrons. The Kier molecular flexibility index (Phi) is 4.66. The van der Waals surface area contributed by atoms with Gasteiger partial charge in [-0.15, -0.1) is 0 Å². The molecule has 1 aromatic heterocycles. The lowest BCUT2D eigenvalue weighted by atomic mass is 10.1. The van der Waals surface area contributed by atoms with Gasteiger partial charge in [0, 0.05) is 19.3 Å². The van der Waals surface area contributed by atoms with E-state index in [9.17, 15) is 0 Å². The maximum absolute atomic E-state index is 4.23. The van der Waals surface area contributed by atoms with E-state index in [2.05, 4.69) is 37.3 Å². The van der Waals surface area contributed by atoms with E-state index in [4.69, 9.17) is 0 Å². The molecule has 3 nitrogen and oxygen atoms in total. The zero-order chi connectivity index (χ0) is 10.4. The first-order valence-corrected chi connectivity index (χ1v) is 5.45. The van der Waals surface area contributed by atoms with Crippen LogP contribution in [0.4, 0.5) is 0 Å². The van der Waals surface area contributed by atoms with Gasteiger partial charge in [0.2, 0.25) is 0 Å². The van der Waals surface area contributed by atoms with Crippen molar-refractivity contribution in [1.29, 1.82) is 0 Å². The highest BCUT2D eigenvalue weighted by Gasteiger charge is 1.99. The molecule has 1 N–H and O–H groups in total. The zero-order valence-corrected chi connectivity index (χ0v) is 9.45. The van der Waals surface area contributed by atoms with Crippen LogP contribution in [0.3, 0.4) is 0 Å². The molecule has 0 bridgehead atoms. The fourth-order valence-corrected chi connectivity index (χ4v) is 1.40. The van der Waals surface area contributed by atoms with Gasteiger partial charge in [-0.1, -0.05) is 13.8 Å². The molecule has 0 amide bonds. The van der Waals surface area contributed by atoms with Crippen molar-refractivity contribution in [3.63, 3.8) is 0 Å². The Bertz CT molecular complexity index is 253. The lowest BCUT2D eigenvalue weighted by Crippen LogP contribution is -2.18. The van der Waals surface area contributed by atoms with E-state index in [1.807, 2.05) is 10.9 Å². The van der Waals surface area contributed by atoms with Crippen molar-refractivity contribution in [2.45, 2.75) is 40.3 Å². The molecule has 0 radical (unpaired) electrons. The maximum atomic E-state index is 4.23. The van der Waals surface area contributed by atoms with Crippen LogP contribution in [0.5, 0.6) is 0 Å². The van der Waals surface area contributed by atoms with Gasteiger partial charge < -0.3 is 5.32 Å². The quantitative estimate of drug-likeness (QED) is 0.704. The highest BCUT2D eigenvalue weighted by Crippen LogP contribution is 2.00. The Morgan fingerprint density at radius 1 is 1.50 bits per heavy atom. The van der Waals surface area contributed by atoms with Gasteiger partial charge in [0.15, 0.2) is 0 Å². The molecular weight excluding hydrogens is 174 g/mol. The summed E-state index contributed by atoms with van der Waals surface area (Å²) in [7, 11) is 0. The predicted molar refractivity (Wildman–Crippen MR) is 59.1 cm³/mol. The van der Waals surface area contributed by atoms with Crippen LogP contribution in [0.1, 0.15) is 32.9 Å². The lowest BCUT2D eigenvalue weighted by Gasteiger charge is -2.08. The molecule has 0 saturated carbocycles. The maximum Gasteiger partial charge on any atom is 0.0521 e. The lowest BCUT2D eigenvalue weighted by molar-refractivity contribution is 0.520. The van der Waals surface area contributed by atoms with E-state index in [1.165, 1.54) is 12.1 Å². The fraction of sp³-hybridized carbons (Fsp3) is 0.727. The third-order valence-electron chi connectivity index (χ3n) is 2.31. The summed E-state index contributed by atoms with van der Waals surface area (Å²) in [5.74, 6) is 0.776. The normalized spacial score (nSPS) is 11.1. The number of aryl methyl sites for hydroxylation is 1. The summed E-state index contributed by atoms with van der Waals surface area (Å²) in [5, 5.41) is 7.66. The molecule has 1 aromatic rings. The Balaban J connectivity index is 2.24. The molecule has 3 heteroatoms. The van der Waals surface area contributed by atoms with Crippen molar-refractivity contribution in [2.75, 3.05) is 6.54 Å². The predicted octanol–water partition coefficient (Wildman–Crippen LogP) is 2.04. The third kappa shape index (κ3) is 3.50. The van der Waals surface area contributed by atoms with E-state index in [0.29, 0.717) is 0 Å². The minimum absolute atomic E-state index is 0.776. The SMILES string of the molecule is CCn1nccc1CNCCC(C)C. The molecule has 0 aliphatic heterocycles. The zero-order valence-electron chi connectivity index (χ0n) is 9.45. The van der Waals surface area contributed by atoms with Crippen LogP contribution in [-0.4, -0.2) is 16.3 Å². The van der Waals surface area contributed by atoms with Gasteiger partial charge in [-0.3, -0.25) is 4.68 Å². The summed E-state index contributed by atoms with van der Waals surface area (Å²) in [4.78, 5) is 0. The highest BCUT2D eigenvalue weighted by atomic mass is 15.3. The molecule has 0 aliphatic carbocycles. The van der Waals surface area contributed by atoms with Crippen molar-refractivity contribution < 1.29 is 0 Å². The molecule has 1 rings (SSSR count). The number of aromatic nitrogens is 2. The second-order valence-electron chi connectivity index (χ2n) is 4.00. The number of hydrogen-bond donors (Lipinski definition) is 1. The third-order valence-corrected chi connectivity index (χ3v) is 2.31. The number of rotatable bonds is 6. The van der Waals surface area contributed by atoms with Crippen molar-refractivity contribution >= 4 is 0 Å². The highest BCUT2D eigenvalue weighted by molar-refractivity contribution is 4.99. The number of nitrogens with one attached hydrogen (secondary N) is 1. The Morgan fingerprint density at radius 3 is 2.93 bits per heavy atom. The number of nitrogens with zero attached hydrogens (tertiary/aromatic N) is 2. The van der Waals surface area contributed by atoms with Gasteiger partial charge in [0.25, 0.3) is 0 Å². The molecule has 0 atom stereocenters. The summed E-state index contributed by atoms with van der Waals surface area (Å²) in [6.07, 6.45) is 3.10. The summed E-state index contributed by atoms with van der Waals surface area (Å²) in [6.45, 7) is 9.59. The van der Waals surface area contributed by atoms with Crippen molar-refractivity contribution in [2.24, 2.45) is 5.92 Å². The van der Waals surface area contributed by atoms with E-state index in [1.54, 1.807) is 0 Å². The molecule has 0 spiro atoms. The average molecular weight is 195 g/mol. The van der Waals surface area contributed by atoms with Crippen molar-refractivity contribution in [3.05, 3.63) is 18.0 Å². The van der Waals surface area contributed by atoms with E-state index < -0.39 is 0 Å². The molecule has 0 unspecified atom stereocenters. The first-order valence-electron chi connectivity index (χ1n) is 5.45. The molecule has 0 fully saturated rings. The summed E-state index contributed by atoms with van der Waals surface area (Å²) < 4.78 is 2.03. The summed E-state index contributed by atoms with van der Waals surface area (Å²) in [5.41, 5.74) is 1.27. The van der Waals surface area contributed by atoms with Crippen LogP contribution in [0.15, 0.2) is 12.3 Å². The van der Waals surface area contributed by atoms with E-state index >= 15 is 0 Å². The smallest absolute Gasteiger partial charge is 0.0521 e. The first-order chi connectivity index (χ1) is 6.74. The van der Waals surface area contributed by atoms with Gasteiger partial charge in [-0.25, -0.2) is 0 Å². The van der Waals surface area contributed by atoms with Gasteiger partial charge in [-0.2, -0.15) is 5.10 Å². The molecule has 0 aromatic carbocycles. The van der Waals surface area contributed by atoms with E-state index in [-0.39, 0.29) is 0 Å². The van der Waals surface area contributed by atoms with Crippen LogP contribution < -0.4 is 5.32 Å². The van der Waals surface area contributed by atoms with Crippen molar-refractivity contribution in [1.82, 2.24) is 15.1 Å².